The summed E-state index contributed by atoms with van der Waals surface area (Å²) in [6.45, 7) is 6.20. The van der Waals surface area contributed by atoms with Crippen molar-refractivity contribution in [1.29, 1.82) is 0 Å². The Kier molecular flexibility index (Phi) is 3.63. The normalized spacial score (nSPS) is 10.3. The smallest absolute Gasteiger partial charge is 0.222 e. The maximum Gasteiger partial charge on any atom is 0.222 e. The van der Waals surface area contributed by atoms with Crippen LogP contribution in [-0.4, -0.2) is 10.9 Å². The predicted octanol–water partition coefficient (Wildman–Crippen LogP) is 1.91. The van der Waals surface area contributed by atoms with Crippen LogP contribution in [0.3, 0.4) is 0 Å². The van der Waals surface area contributed by atoms with E-state index in [1.165, 1.54) is 0 Å². The molecule has 1 heterocycles. The number of aromatic nitrogens is 1. The van der Waals surface area contributed by atoms with Crippen LogP contribution in [0.25, 0.3) is 0 Å². The second-order valence-electron chi connectivity index (χ2n) is 3.64. The molecule has 1 aromatic rings. The summed E-state index contributed by atoms with van der Waals surface area (Å²) in [5.41, 5.74) is 1.88. The molecular formula is C11H18N2O. The summed E-state index contributed by atoms with van der Waals surface area (Å²) in [5, 5.41) is 2.82. The first-order chi connectivity index (χ1) is 6.59. The zero-order valence-corrected chi connectivity index (χ0v) is 8.87. The second kappa shape index (κ2) is 4.74. The maximum atomic E-state index is 11.3. The van der Waals surface area contributed by atoms with E-state index >= 15 is 0 Å². The largest absolute Gasteiger partial charge is 0.350 e. The Morgan fingerprint density at radius 3 is 2.86 bits per heavy atom. The van der Waals surface area contributed by atoms with Crippen LogP contribution in [0, 0.1) is 12.8 Å². The first-order valence-corrected chi connectivity index (χ1v) is 4.80. The second-order valence-corrected chi connectivity index (χ2v) is 3.64. The number of carbonyl (C=O) groups is 1. The highest BCUT2D eigenvalue weighted by Gasteiger charge is 2.05. The van der Waals surface area contributed by atoms with E-state index in [0.29, 0.717) is 6.54 Å². The first kappa shape index (κ1) is 10.7. The van der Waals surface area contributed by atoms with Crippen LogP contribution in [0.15, 0.2) is 18.2 Å². The van der Waals surface area contributed by atoms with Gasteiger partial charge in [0.05, 0.1) is 12.2 Å². The molecule has 1 rings (SSSR count). The fourth-order valence-corrected chi connectivity index (χ4v) is 1.08. The molecule has 1 aromatic heterocycles. The van der Waals surface area contributed by atoms with E-state index in [9.17, 15) is 4.79 Å². The number of aryl methyl sites for hydroxylation is 1. The molecule has 1 N–H and O–H groups in total. The zero-order chi connectivity index (χ0) is 10.6. The highest BCUT2D eigenvalue weighted by atomic mass is 16.1. The van der Waals surface area contributed by atoms with Crippen LogP contribution in [0.1, 0.15) is 26.7 Å². The van der Waals surface area contributed by atoms with Gasteiger partial charge in [-0.25, -0.2) is 0 Å². The van der Waals surface area contributed by atoms with Gasteiger partial charge in [-0.15, -0.1) is 0 Å². The van der Waals surface area contributed by atoms with Crippen LogP contribution in [0.5, 0.6) is 0 Å². The van der Waals surface area contributed by atoms with Crippen molar-refractivity contribution < 1.29 is 6.22 Å². The monoisotopic (exact) mass is 194 g/mol. The third-order valence-corrected chi connectivity index (χ3v) is 1.91. The Balaban J connectivity index is 0.00000196. The third-order valence-electron chi connectivity index (χ3n) is 1.91. The minimum atomic E-state index is 0. The fourth-order valence-electron chi connectivity index (χ4n) is 1.08. The Morgan fingerprint density at radius 1 is 1.57 bits per heavy atom. The number of hydrogen-bond acceptors (Lipinski definition) is 2. The average molecular weight is 194 g/mol. The van der Waals surface area contributed by atoms with Gasteiger partial charge < -0.3 is 5.32 Å². The van der Waals surface area contributed by atoms with E-state index in [4.69, 9.17) is 0 Å². The summed E-state index contributed by atoms with van der Waals surface area (Å²) >= 11 is 0. The number of pyridine rings is 1. The highest BCUT2D eigenvalue weighted by Crippen LogP contribution is 1.98. The molecule has 0 aromatic carbocycles. The molecule has 0 aliphatic rings. The van der Waals surface area contributed by atoms with Crippen LogP contribution in [0.2, 0.25) is 0 Å². The molecule has 0 radical (unpaired) electrons. The van der Waals surface area contributed by atoms with Gasteiger partial charge in [0.1, 0.15) is 0 Å². The lowest BCUT2D eigenvalue weighted by Gasteiger charge is -2.07. The molecule has 0 saturated heterocycles. The third kappa shape index (κ3) is 3.17. The van der Waals surface area contributed by atoms with E-state index < -0.39 is 0 Å². The number of nitrogens with one attached hydrogen (secondary N) is 1. The number of hydrogen-bond donors (Lipinski definition) is 1. The topological polar surface area (TPSA) is 42.0 Å². The van der Waals surface area contributed by atoms with Gasteiger partial charge in [-0.05, 0) is 19.1 Å². The van der Waals surface area contributed by atoms with E-state index in [2.05, 4.69) is 10.3 Å². The summed E-state index contributed by atoms with van der Waals surface area (Å²) in [7, 11) is 0. The highest BCUT2D eigenvalue weighted by molar-refractivity contribution is 5.77. The lowest BCUT2D eigenvalue weighted by atomic mass is 10.2. The zero-order valence-electron chi connectivity index (χ0n) is 8.87. The maximum absolute atomic E-state index is 11.3. The van der Waals surface area contributed by atoms with E-state index in [0.717, 1.165) is 11.4 Å². The van der Waals surface area contributed by atoms with E-state index in [1.807, 2.05) is 39.0 Å². The molecule has 3 nitrogen and oxygen atoms in total. The van der Waals surface area contributed by atoms with Crippen molar-refractivity contribution in [3.63, 3.8) is 0 Å². The number of nitrogens with zero attached hydrogens (tertiary/aromatic N) is 1. The molecule has 0 bridgehead atoms. The molecule has 0 unspecified atom stereocenters. The summed E-state index contributed by atoms with van der Waals surface area (Å²) in [6, 6.07) is 5.79. The Bertz CT molecular complexity index is 326. The van der Waals surface area contributed by atoms with Crippen LogP contribution in [-0.2, 0) is 11.3 Å². The summed E-state index contributed by atoms with van der Waals surface area (Å²) in [4.78, 5) is 15.6. The van der Waals surface area contributed by atoms with Gasteiger partial charge in [0.2, 0.25) is 5.91 Å². The van der Waals surface area contributed by atoms with Crippen molar-refractivity contribution in [3.8, 4) is 0 Å². The molecule has 3 heteroatoms. The molecule has 78 valence electrons. The summed E-state index contributed by atoms with van der Waals surface area (Å²) in [5.74, 6) is 0.0908. The van der Waals surface area contributed by atoms with Crippen molar-refractivity contribution in [1.82, 2.24) is 10.3 Å². The fraction of sp³-hybridized carbons (Fsp3) is 0.455. The number of amides is 1. The molecule has 14 heavy (non-hydrogen) atoms. The van der Waals surface area contributed by atoms with Gasteiger partial charge >= 0.3 is 0 Å². The van der Waals surface area contributed by atoms with Gasteiger partial charge in [0, 0.05) is 13.0 Å². The minimum Gasteiger partial charge on any atom is -0.350 e. The van der Waals surface area contributed by atoms with Crippen molar-refractivity contribution in [2.45, 2.75) is 27.3 Å². The molecule has 0 aliphatic heterocycles. The standard InChI is InChI=1S/C11H16N2O.H2/c1-8(2)11(14)12-7-10-6-4-5-9(3)13-10;/h4-6,8H,7H2,1-3H3,(H,12,14);1H. The SMILES string of the molecule is Cc1cccc(CNC(=O)C(C)C)n1.[HH]. The quantitative estimate of drug-likeness (QED) is 0.798. The molecule has 1 amide bonds. The minimum absolute atomic E-state index is 0. The van der Waals surface area contributed by atoms with Crippen LogP contribution >= 0.6 is 0 Å². The van der Waals surface area contributed by atoms with Gasteiger partial charge in [-0.2, -0.15) is 0 Å². The lowest BCUT2D eigenvalue weighted by molar-refractivity contribution is -0.124. The molecular weight excluding hydrogens is 176 g/mol. The lowest BCUT2D eigenvalue weighted by Crippen LogP contribution is -2.27. The predicted molar refractivity (Wildman–Crippen MR) is 57.8 cm³/mol. The van der Waals surface area contributed by atoms with Crippen LogP contribution < -0.4 is 5.32 Å². The molecule has 0 saturated carbocycles. The average Bonchev–Trinajstić information content (AvgIpc) is 2.14. The van der Waals surface area contributed by atoms with Crippen LogP contribution in [0.4, 0.5) is 0 Å². The van der Waals surface area contributed by atoms with Gasteiger partial charge in [-0.3, -0.25) is 9.78 Å². The Morgan fingerprint density at radius 2 is 2.29 bits per heavy atom. The number of carbonyl (C=O) groups excluding carboxylic acids is 1. The summed E-state index contributed by atoms with van der Waals surface area (Å²) in [6.07, 6.45) is 0. The van der Waals surface area contributed by atoms with Crippen molar-refractivity contribution >= 4 is 5.91 Å². The van der Waals surface area contributed by atoms with Gasteiger partial charge in [0.15, 0.2) is 0 Å². The van der Waals surface area contributed by atoms with Gasteiger partial charge in [0.25, 0.3) is 0 Å². The first-order valence-electron chi connectivity index (χ1n) is 4.80. The summed E-state index contributed by atoms with van der Waals surface area (Å²) < 4.78 is 0. The van der Waals surface area contributed by atoms with E-state index in [-0.39, 0.29) is 13.3 Å². The Hall–Kier alpha value is -1.38. The molecule has 0 atom stereocenters. The van der Waals surface area contributed by atoms with E-state index in [1.54, 1.807) is 0 Å². The number of rotatable bonds is 3. The Labute approximate surface area is 86.0 Å². The van der Waals surface area contributed by atoms with Crippen molar-refractivity contribution in [3.05, 3.63) is 29.6 Å². The van der Waals surface area contributed by atoms with Gasteiger partial charge in [-0.1, -0.05) is 19.9 Å². The molecule has 0 spiro atoms. The van der Waals surface area contributed by atoms with Crippen molar-refractivity contribution in [2.24, 2.45) is 5.92 Å². The molecule has 0 aliphatic carbocycles. The van der Waals surface area contributed by atoms with Crippen molar-refractivity contribution in [2.75, 3.05) is 0 Å². The molecule has 0 fully saturated rings.